The molecular weight excluding hydrogens is 266 g/mol. The molecule has 0 aliphatic heterocycles. The van der Waals surface area contributed by atoms with E-state index in [2.05, 4.69) is 57.4 Å². The highest BCUT2D eigenvalue weighted by Gasteiger charge is 2.09. The van der Waals surface area contributed by atoms with E-state index in [1.807, 2.05) is 30.4 Å². The second-order valence-electron chi connectivity index (χ2n) is 5.15. The van der Waals surface area contributed by atoms with Crippen molar-refractivity contribution in [3.63, 3.8) is 0 Å². The Morgan fingerprint density at radius 3 is 2.41 bits per heavy atom. The minimum atomic E-state index is 0.299. The normalized spacial score (nSPS) is 13.6. The maximum absolute atomic E-state index is 4.21. The molecule has 1 atom stereocenters. The minimum absolute atomic E-state index is 0.299. The van der Waals surface area contributed by atoms with Crippen LogP contribution in [0.2, 0.25) is 0 Å². The Morgan fingerprint density at radius 2 is 1.86 bits per heavy atom. The van der Waals surface area contributed by atoms with Crippen LogP contribution < -0.4 is 10.6 Å². The van der Waals surface area contributed by atoms with E-state index in [4.69, 9.17) is 0 Å². The lowest BCUT2D eigenvalue weighted by Gasteiger charge is -2.08. The third-order valence-corrected chi connectivity index (χ3v) is 3.54. The molecule has 0 aromatic carbocycles. The molecule has 1 aromatic rings. The molecule has 0 saturated carbocycles. The molecule has 0 radical (unpaired) electrons. The zero-order chi connectivity index (χ0) is 16.7. The molecule has 0 aliphatic carbocycles. The first-order valence-electron chi connectivity index (χ1n) is 7.30. The third kappa shape index (κ3) is 3.76. The highest BCUT2D eigenvalue weighted by Crippen LogP contribution is 2.12. The van der Waals surface area contributed by atoms with E-state index in [0.29, 0.717) is 5.92 Å². The molecule has 1 nitrogen and oxygen atoms in total. The summed E-state index contributed by atoms with van der Waals surface area (Å²) >= 11 is 0. The van der Waals surface area contributed by atoms with Gasteiger partial charge in [0.15, 0.2) is 0 Å². The summed E-state index contributed by atoms with van der Waals surface area (Å²) in [6.07, 6.45) is 15.4. The van der Waals surface area contributed by atoms with Crippen molar-refractivity contribution in [1.29, 1.82) is 0 Å². The van der Waals surface area contributed by atoms with Crippen molar-refractivity contribution >= 4 is 24.4 Å². The van der Waals surface area contributed by atoms with Crippen molar-refractivity contribution in [3.05, 3.63) is 84.6 Å². The summed E-state index contributed by atoms with van der Waals surface area (Å²) in [5.41, 5.74) is 3.07. The average Bonchev–Trinajstić information content (AvgIpc) is 2.74. The Morgan fingerprint density at radius 1 is 1.18 bits per heavy atom. The predicted molar refractivity (Wildman–Crippen MR) is 102 cm³/mol. The molecule has 1 rings (SSSR count). The maximum atomic E-state index is 4.21. The fourth-order valence-corrected chi connectivity index (χ4v) is 2.23. The van der Waals surface area contributed by atoms with Gasteiger partial charge in [-0.05, 0) is 30.6 Å². The molecule has 1 heteroatoms. The third-order valence-electron chi connectivity index (χ3n) is 3.54. The van der Waals surface area contributed by atoms with Gasteiger partial charge in [0.25, 0.3) is 0 Å². The summed E-state index contributed by atoms with van der Waals surface area (Å²) in [5, 5.41) is 1.98. The molecule has 0 bridgehead atoms. The minimum Gasteiger partial charge on any atom is -0.311 e. The van der Waals surface area contributed by atoms with Crippen LogP contribution in [0.4, 0.5) is 0 Å². The summed E-state index contributed by atoms with van der Waals surface area (Å²) in [4.78, 5) is 0. The Balaban J connectivity index is 3.55. The zero-order valence-corrected chi connectivity index (χ0v) is 13.7. The molecule has 114 valence electrons. The highest BCUT2D eigenvalue weighted by molar-refractivity contribution is 5.65. The quantitative estimate of drug-likeness (QED) is 0.523. The van der Waals surface area contributed by atoms with Crippen molar-refractivity contribution in [3.8, 4) is 0 Å². The van der Waals surface area contributed by atoms with Gasteiger partial charge < -0.3 is 4.57 Å². The highest BCUT2D eigenvalue weighted by atomic mass is 15.0. The SMILES string of the molecule is C=C/C=C\c1c(C)/c(=C/C=C)c(=C)n1C(=C)/C=C\C(C)C=C. The number of hydrogen-bond donors (Lipinski definition) is 0. The van der Waals surface area contributed by atoms with Gasteiger partial charge in [-0.25, -0.2) is 0 Å². The van der Waals surface area contributed by atoms with E-state index < -0.39 is 0 Å². The van der Waals surface area contributed by atoms with E-state index >= 15 is 0 Å². The lowest BCUT2D eigenvalue weighted by Crippen LogP contribution is -2.27. The Kier molecular flexibility index (Phi) is 6.40. The van der Waals surface area contributed by atoms with Gasteiger partial charge >= 0.3 is 0 Å². The summed E-state index contributed by atoms with van der Waals surface area (Å²) in [7, 11) is 0. The zero-order valence-electron chi connectivity index (χ0n) is 13.7. The number of allylic oxidation sites excluding steroid dienone is 7. The van der Waals surface area contributed by atoms with Crippen LogP contribution in [0.5, 0.6) is 0 Å². The number of nitrogens with zero attached hydrogens (tertiary/aromatic N) is 1. The van der Waals surface area contributed by atoms with Crippen LogP contribution in [-0.2, 0) is 0 Å². The van der Waals surface area contributed by atoms with Crippen LogP contribution in [0.3, 0.4) is 0 Å². The first-order chi connectivity index (χ1) is 10.5. The predicted octanol–water partition coefficient (Wildman–Crippen LogP) is 4.22. The van der Waals surface area contributed by atoms with Gasteiger partial charge in [0.05, 0.1) is 0 Å². The molecule has 1 unspecified atom stereocenters. The first kappa shape index (κ1) is 17.5. The smallest absolute Gasteiger partial charge is 0.0497 e. The van der Waals surface area contributed by atoms with Gasteiger partial charge in [0, 0.05) is 22.0 Å². The molecule has 0 spiro atoms. The van der Waals surface area contributed by atoms with Crippen molar-refractivity contribution in [1.82, 2.24) is 4.57 Å². The lowest BCUT2D eigenvalue weighted by atomic mass is 10.1. The van der Waals surface area contributed by atoms with Gasteiger partial charge in [0.2, 0.25) is 0 Å². The van der Waals surface area contributed by atoms with E-state index in [1.165, 1.54) is 0 Å². The van der Waals surface area contributed by atoms with Gasteiger partial charge in [-0.1, -0.05) is 69.7 Å². The van der Waals surface area contributed by atoms with E-state index in [-0.39, 0.29) is 0 Å². The van der Waals surface area contributed by atoms with Gasteiger partial charge in [0.1, 0.15) is 0 Å². The summed E-state index contributed by atoms with van der Waals surface area (Å²) in [6, 6.07) is 0. The molecule has 0 fully saturated rings. The summed E-state index contributed by atoms with van der Waals surface area (Å²) < 4.78 is 2.05. The molecule has 1 aromatic heterocycles. The van der Waals surface area contributed by atoms with Gasteiger partial charge in [-0.15, -0.1) is 6.58 Å². The number of aromatic nitrogens is 1. The van der Waals surface area contributed by atoms with E-state index in [1.54, 1.807) is 12.2 Å². The van der Waals surface area contributed by atoms with Crippen molar-refractivity contribution in [2.45, 2.75) is 13.8 Å². The Labute approximate surface area is 134 Å². The molecule has 0 N–H and O–H groups in total. The van der Waals surface area contributed by atoms with Crippen molar-refractivity contribution in [2.24, 2.45) is 5.92 Å². The van der Waals surface area contributed by atoms with Crippen LogP contribution >= 0.6 is 0 Å². The van der Waals surface area contributed by atoms with Crippen LogP contribution in [0.15, 0.2) is 62.8 Å². The molecular formula is C21H25N. The Hall–Kier alpha value is -2.54. The van der Waals surface area contributed by atoms with Crippen LogP contribution in [0.1, 0.15) is 18.2 Å². The molecule has 0 aliphatic rings. The van der Waals surface area contributed by atoms with Crippen molar-refractivity contribution < 1.29 is 0 Å². The molecule has 1 heterocycles. The largest absolute Gasteiger partial charge is 0.311 e. The molecule has 0 saturated heterocycles. The Bertz CT molecular complexity index is 751. The van der Waals surface area contributed by atoms with Gasteiger partial charge in [-0.3, -0.25) is 0 Å². The fourth-order valence-electron chi connectivity index (χ4n) is 2.23. The van der Waals surface area contributed by atoms with Crippen molar-refractivity contribution in [2.75, 3.05) is 0 Å². The van der Waals surface area contributed by atoms with E-state index in [9.17, 15) is 0 Å². The monoisotopic (exact) mass is 291 g/mol. The molecule has 22 heavy (non-hydrogen) atoms. The summed E-state index contributed by atoms with van der Waals surface area (Å²) in [6.45, 7) is 23.8. The first-order valence-corrected chi connectivity index (χ1v) is 7.30. The number of rotatable bonds is 7. The maximum Gasteiger partial charge on any atom is 0.0497 e. The molecule has 0 amide bonds. The van der Waals surface area contributed by atoms with Crippen LogP contribution in [0, 0.1) is 12.8 Å². The van der Waals surface area contributed by atoms with Crippen LogP contribution in [0.25, 0.3) is 24.4 Å². The number of hydrogen-bond acceptors (Lipinski definition) is 0. The van der Waals surface area contributed by atoms with Gasteiger partial charge in [-0.2, -0.15) is 0 Å². The summed E-state index contributed by atoms with van der Waals surface area (Å²) in [5.74, 6) is 0.299. The van der Waals surface area contributed by atoms with Crippen LogP contribution in [-0.4, -0.2) is 4.57 Å². The lowest BCUT2D eigenvalue weighted by molar-refractivity contribution is 0.940. The average molecular weight is 291 g/mol. The fraction of sp³-hybridized carbons (Fsp3) is 0.143. The second-order valence-corrected chi connectivity index (χ2v) is 5.15. The standard InChI is InChI=1S/C21H25N/c1-8-11-13-21-18(6)20(12-9-2)19(7)22(21)17(5)15-14-16(4)10-3/h8-16H,1-3,5,7H2,4,6H3/b13-11-,15-14-,20-12-. The van der Waals surface area contributed by atoms with E-state index in [0.717, 1.165) is 27.5 Å². The second kappa shape index (κ2) is 8.04. The topological polar surface area (TPSA) is 4.93 Å².